The van der Waals surface area contributed by atoms with Crippen LogP contribution in [0.2, 0.25) is 0 Å². The van der Waals surface area contributed by atoms with Crippen LogP contribution in [0.25, 0.3) is 0 Å². The van der Waals surface area contributed by atoms with Gasteiger partial charge in [0.15, 0.2) is 0 Å². The Balaban J connectivity index is 1.54. The van der Waals surface area contributed by atoms with Crippen LogP contribution >= 0.6 is 0 Å². The Labute approximate surface area is 178 Å². The molecule has 3 aromatic carbocycles. The number of para-hydroxylation sites is 2. The van der Waals surface area contributed by atoms with Crippen molar-refractivity contribution in [3.63, 3.8) is 0 Å². The van der Waals surface area contributed by atoms with Crippen molar-refractivity contribution in [2.24, 2.45) is 11.8 Å². The SMILES string of the molecule is O=C(CCc1ccccc1)[C@H]1CCC[C@H]1C(=O)N(c1ccccc1)c1ccccc1. The summed E-state index contributed by atoms with van der Waals surface area (Å²) in [5, 5.41) is 0. The normalized spacial score (nSPS) is 18.1. The monoisotopic (exact) mass is 397 g/mol. The molecule has 0 heterocycles. The maximum atomic E-state index is 13.7. The minimum Gasteiger partial charge on any atom is -0.299 e. The predicted octanol–water partition coefficient (Wildman–Crippen LogP) is 5.97. The molecule has 3 aromatic rings. The molecule has 4 rings (SSSR count). The molecular weight excluding hydrogens is 370 g/mol. The number of ketones is 1. The van der Waals surface area contributed by atoms with Gasteiger partial charge in [0.2, 0.25) is 5.91 Å². The van der Waals surface area contributed by atoms with Crippen LogP contribution in [0.4, 0.5) is 11.4 Å². The Morgan fingerprint density at radius 3 is 1.77 bits per heavy atom. The van der Waals surface area contributed by atoms with Crippen molar-refractivity contribution in [3.05, 3.63) is 96.6 Å². The summed E-state index contributed by atoms with van der Waals surface area (Å²) in [4.78, 5) is 28.6. The quantitative estimate of drug-likeness (QED) is 0.492. The van der Waals surface area contributed by atoms with E-state index in [4.69, 9.17) is 0 Å². The van der Waals surface area contributed by atoms with E-state index in [1.54, 1.807) is 4.90 Å². The number of nitrogens with zero attached hydrogens (tertiary/aromatic N) is 1. The lowest BCUT2D eigenvalue weighted by atomic mass is 9.87. The Bertz CT molecular complexity index is 930. The van der Waals surface area contributed by atoms with E-state index in [1.807, 2.05) is 78.9 Å². The summed E-state index contributed by atoms with van der Waals surface area (Å²) in [5.74, 6) is -0.191. The number of hydrogen-bond donors (Lipinski definition) is 0. The molecule has 3 heteroatoms. The molecule has 0 N–H and O–H groups in total. The number of amides is 1. The molecule has 0 aliphatic heterocycles. The Kier molecular flexibility index (Phi) is 6.38. The number of carbonyl (C=O) groups is 2. The van der Waals surface area contributed by atoms with Gasteiger partial charge < -0.3 is 0 Å². The fourth-order valence-corrected chi connectivity index (χ4v) is 4.46. The average Bonchev–Trinajstić information content (AvgIpc) is 3.30. The van der Waals surface area contributed by atoms with Gasteiger partial charge in [-0.1, -0.05) is 73.2 Å². The minimum atomic E-state index is -0.256. The summed E-state index contributed by atoms with van der Waals surface area (Å²) in [5.41, 5.74) is 2.86. The first-order chi connectivity index (χ1) is 14.7. The molecule has 1 aliphatic rings. The van der Waals surface area contributed by atoms with Crippen LogP contribution in [0.15, 0.2) is 91.0 Å². The highest BCUT2D eigenvalue weighted by Crippen LogP contribution is 2.38. The van der Waals surface area contributed by atoms with Gasteiger partial charge in [0.05, 0.1) is 0 Å². The molecule has 1 amide bonds. The zero-order chi connectivity index (χ0) is 20.8. The van der Waals surface area contributed by atoms with E-state index in [0.717, 1.165) is 37.1 Å². The van der Waals surface area contributed by atoms with Crippen LogP contribution in [0.3, 0.4) is 0 Å². The van der Waals surface area contributed by atoms with Crippen molar-refractivity contribution in [1.82, 2.24) is 0 Å². The molecule has 0 bridgehead atoms. The highest BCUT2D eigenvalue weighted by molar-refractivity contribution is 6.04. The van der Waals surface area contributed by atoms with Crippen molar-refractivity contribution in [1.29, 1.82) is 0 Å². The van der Waals surface area contributed by atoms with Crippen molar-refractivity contribution >= 4 is 23.1 Å². The smallest absolute Gasteiger partial charge is 0.235 e. The lowest BCUT2D eigenvalue weighted by molar-refractivity contribution is -0.130. The topological polar surface area (TPSA) is 37.4 Å². The molecular formula is C27H27NO2. The Morgan fingerprint density at radius 2 is 1.20 bits per heavy atom. The van der Waals surface area contributed by atoms with Crippen LogP contribution in [0.1, 0.15) is 31.2 Å². The van der Waals surface area contributed by atoms with Crippen molar-refractivity contribution in [2.45, 2.75) is 32.1 Å². The van der Waals surface area contributed by atoms with Gasteiger partial charge in [-0.05, 0) is 49.1 Å². The molecule has 0 spiro atoms. The van der Waals surface area contributed by atoms with Crippen molar-refractivity contribution < 1.29 is 9.59 Å². The number of hydrogen-bond acceptors (Lipinski definition) is 2. The van der Waals surface area contributed by atoms with Crippen LogP contribution in [0, 0.1) is 11.8 Å². The van der Waals surface area contributed by atoms with E-state index >= 15 is 0 Å². The standard InChI is InChI=1S/C27H27NO2/c29-26(20-19-21-11-4-1-5-12-21)24-17-10-18-25(24)27(30)28(22-13-6-2-7-14-22)23-15-8-3-9-16-23/h1-9,11-16,24-25H,10,17-20H2/t24-,25+/m0/s1. The molecule has 3 nitrogen and oxygen atoms in total. The number of Topliss-reactive ketones (excluding diaryl/α,β-unsaturated/α-hetero) is 1. The maximum Gasteiger partial charge on any atom is 0.235 e. The third-order valence-electron chi connectivity index (χ3n) is 6.00. The summed E-state index contributed by atoms with van der Waals surface area (Å²) in [7, 11) is 0. The third-order valence-corrected chi connectivity index (χ3v) is 6.00. The molecule has 1 saturated carbocycles. The highest BCUT2D eigenvalue weighted by Gasteiger charge is 2.39. The zero-order valence-electron chi connectivity index (χ0n) is 17.1. The van der Waals surface area contributed by atoms with Gasteiger partial charge >= 0.3 is 0 Å². The van der Waals surface area contributed by atoms with E-state index in [0.29, 0.717) is 6.42 Å². The van der Waals surface area contributed by atoms with Gasteiger partial charge in [-0.25, -0.2) is 0 Å². The second-order valence-electron chi connectivity index (χ2n) is 7.94. The van der Waals surface area contributed by atoms with Crippen LogP contribution in [-0.4, -0.2) is 11.7 Å². The summed E-state index contributed by atoms with van der Waals surface area (Å²) >= 11 is 0. The number of anilines is 2. The number of benzene rings is 3. The van der Waals surface area contributed by atoms with Crippen LogP contribution in [0.5, 0.6) is 0 Å². The maximum absolute atomic E-state index is 13.7. The highest BCUT2D eigenvalue weighted by atomic mass is 16.2. The number of carbonyl (C=O) groups excluding carboxylic acids is 2. The summed E-state index contributed by atoms with van der Waals surface area (Å²) in [6.45, 7) is 0. The van der Waals surface area contributed by atoms with Gasteiger partial charge in [0.25, 0.3) is 0 Å². The van der Waals surface area contributed by atoms with E-state index in [-0.39, 0.29) is 23.5 Å². The fraction of sp³-hybridized carbons (Fsp3) is 0.259. The van der Waals surface area contributed by atoms with Crippen LogP contribution < -0.4 is 4.90 Å². The second-order valence-corrected chi connectivity index (χ2v) is 7.94. The van der Waals surface area contributed by atoms with Gasteiger partial charge in [-0.2, -0.15) is 0 Å². The molecule has 2 atom stereocenters. The van der Waals surface area contributed by atoms with E-state index < -0.39 is 0 Å². The molecule has 0 saturated heterocycles. The van der Waals surface area contributed by atoms with Gasteiger partial charge in [-0.3, -0.25) is 14.5 Å². The lowest BCUT2D eigenvalue weighted by Gasteiger charge is -2.28. The third kappa shape index (κ3) is 4.51. The molecule has 152 valence electrons. The van der Waals surface area contributed by atoms with E-state index in [2.05, 4.69) is 12.1 Å². The van der Waals surface area contributed by atoms with Gasteiger partial charge in [0.1, 0.15) is 5.78 Å². The minimum absolute atomic E-state index is 0.0305. The Morgan fingerprint density at radius 1 is 0.700 bits per heavy atom. The molecule has 0 radical (unpaired) electrons. The van der Waals surface area contributed by atoms with Gasteiger partial charge in [0, 0.05) is 29.6 Å². The number of rotatable bonds is 7. The first kappa shape index (κ1) is 20.1. The largest absolute Gasteiger partial charge is 0.299 e. The second kappa shape index (κ2) is 9.53. The fourth-order valence-electron chi connectivity index (χ4n) is 4.46. The first-order valence-electron chi connectivity index (χ1n) is 10.7. The first-order valence-corrected chi connectivity index (χ1v) is 10.7. The zero-order valence-corrected chi connectivity index (χ0v) is 17.1. The van der Waals surface area contributed by atoms with Crippen molar-refractivity contribution in [3.8, 4) is 0 Å². The lowest BCUT2D eigenvalue weighted by Crippen LogP contribution is -2.36. The molecule has 0 aromatic heterocycles. The van der Waals surface area contributed by atoms with Crippen molar-refractivity contribution in [2.75, 3.05) is 4.90 Å². The molecule has 1 fully saturated rings. The summed E-state index contributed by atoms with van der Waals surface area (Å²) in [6, 6.07) is 29.5. The average molecular weight is 398 g/mol. The Hall–Kier alpha value is -3.20. The number of aryl methyl sites for hydroxylation is 1. The molecule has 0 unspecified atom stereocenters. The van der Waals surface area contributed by atoms with E-state index in [9.17, 15) is 9.59 Å². The molecule has 30 heavy (non-hydrogen) atoms. The summed E-state index contributed by atoms with van der Waals surface area (Å²) in [6.07, 6.45) is 3.74. The summed E-state index contributed by atoms with van der Waals surface area (Å²) < 4.78 is 0. The van der Waals surface area contributed by atoms with E-state index in [1.165, 1.54) is 5.56 Å². The predicted molar refractivity (Wildman–Crippen MR) is 121 cm³/mol. The molecule has 1 aliphatic carbocycles. The van der Waals surface area contributed by atoms with Gasteiger partial charge in [-0.15, -0.1) is 0 Å². The van der Waals surface area contributed by atoms with Crippen LogP contribution in [-0.2, 0) is 16.0 Å².